The van der Waals surface area contributed by atoms with E-state index in [1.807, 2.05) is 24.3 Å². The van der Waals surface area contributed by atoms with Crippen molar-refractivity contribution < 1.29 is 14.2 Å². The molecule has 2 N–H and O–H groups in total. The monoisotopic (exact) mass is 309 g/mol. The first kappa shape index (κ1) is 16.2. The molecular formula is C16H23NO3S. The Labute approximate surface area is 131 Å². The van der Waals surface area contributed by atoms with Crippen LogP contribution < -0.4 is 10.5 Å². The minimum Gasteiger partial charge on any atom is -0.491 e. The van der Waals surface area contributed by atoms with Gasteiger partial charge in [-0.15, -0.1) is 0 Å². The molecule has 0 amide bonds. The molecule has 21 heavy (non-hydrogen) atoms. The van der Waals surface area contributed by atoms with Gasteiger partial charge >= 0.3 is 0 Å². The minimum absolute atomic E-state index is 0.268. The van der Waals surface area contributed by atoms with Gasteiger partial charge in [0.1, 0.15) is 17.3 Å². The third-order valence-corrected chi connectivity index (χ3v) is 3.73. The number of hydrogen-bond acceptors (Lipinski definition) is 4. The maximum Gasteiger partial charge on any atom is 0.119 e. The fourth-order valence-electron chi connectivity index (χ4n) is 2.57. The Balaban J connectivity index is 1.68. The van der Waals surface area contributed by atoms with Crippen molar-refractivity contribution in [3.63, 3.8) is 0 Å². The summed E-state index contributed by atoms with van der Waals surface area (Å²) in [6, 6.07) is 7.46. The molecule has 1 aromatic carbocycles. The lowest BCUT2D eigenvalue weighted by Gasteiger charge is -2.31. The summed E-state index contributed by atoms with van der Waals surface area (Å²) in [5.41, 5.74) is 6.40. The topological polar surface area (TPSA) is 53.7 Å². The molecular weight excluding hydrogens is 286 g/mol. The second kappa shape index (κ2) is 7.73. The molecule has 0 aromatic heterocycles. The number of nitrogens with two attached hydrogens (primary N) is 1. The molecule has 2 unspecified atom stereocenters. The summed E-state index contributed by atoms with van der Waals surface area (Å²) in [5.74, 6) is 0.798. The predicted molar refractivity (Wildman–Crippen MR) is 86.8 cm³/mol. The van der Waals surface area contributed by atoms with E-state index in [1.54, 1.807) is 0 Å². The van der Waals surface area contributed by atoms with E-state index in [2.05, 4.69) is 13.8 Å². The van der Waals surface area contributed by atoms with Crippen molar-refractivity contribution in [2.45, 2.75) is 45.0 Å². The molecule has 0 radical (unpaired) electrons. The molecule has 4 nitrogen and oxygen atoms in total. The molecule has 1 saturated heterocycles. The van der Waals surface area contributed by atoms with Gasteiger partial charge in [0.05, 0.1) is 24.9 Å². The molecule has 1 aliphatic heterocycles. The molecule has 0 spiro atoms. The van der Waals surface area contributed by atoms with Crippen LogP contribution in [0.15, 0.2) is 24.3 Å². The van der Waals surface area contributed by atoms with Crippen LogP contribution in [0, 0.1) is 0 Å². The Kier molecular flexibility index (Phi) is 5.96. The van der Waals surface area contributed by atoms with E-state index in [0.29, 0.717) is 18.2 Å². The molecule has 0 bridgehead atoms. The van der Waals surface area contributed by atoms with E-state index in [9.17, 15) is 0 Å². The Morgan fingerprint density at radius 2 is 1.81 bits per heavy atom. The molecule has 0 aliphatic carbocycles. The smallest absolute Gasteiger partial charge is 0.119 e. The van der Waals surface area contributed by atoms with Crippen molar-refractivity contribution in [2.24, 2.45) is 5.73 Å². The first-order valence-corrected chi connectivity index (χ1v) is 7.75. The normalized spacial score (nSPS) is 25.5. The molecule has 116 valence electrons. The van der Waals surface area contributed by atoms with Crippen molar-refractivity contribution in [3.8, 4) is 5.75 Å². The van der Waals surface area contributed by atoms with E-state index < -0.39 is 0 Å². The van der Waals surface area contributed by atoms with Crippen molar-refractivity contribution in [2.75, 3.05) is 13.2 Å². The molecule has 1 fully saturated rings. The van der Waals surface area contributed by atoms with E-state index in [1.165, 1.54) is 0 Å². The summed E-state index contributed by atoms with van der Waals surface area (Å²) < 4.78 is 17.2. The van der Waals surface area contributed by atoms with Gasteiger partial charge in [0.2, 0.25) is 0 Å². The van der Waals surface area contributed by atoms with Crippen molar-refractivity contribution >= 4 is 17.2 Å². The van der Waals surface area contributed by atoms with Crippen LogP contribution in [0.5, 0.6) is 5.75 Å². The molecule has 5 heteroatoms. The van der Waals surface area contributed by atoms with Crippen molar-refractivity contribution in [1.82, 2.24) is 0 Å². The zero-order valence-corrected chi connectivity index (χ0v) is 13.4. The van der Waals surface area contributed by atoms with Gasteiger partial charge in [0.25, 0.3) is 0 Å². The van der Waals surface area contributed by atoms with Crippen LogP contribution in [0.4, 0.5) is 0 Å². The van der Waals surface area contributed by atoms with E-state index in [0.717, 1.165) is 24.2 Å². The SMILES string of the molecule is CC1CC(OCCOc2ccc(C(N)=S)cc2)CC(C)O1. The fourth-order valence-corrected chi connectivity index (χ4v) is 2.71. The Morgan fingerprint density at radius 3 is 2.38 bits per heavy atom. The highest BCUT2D eigenvalue weighted by atomic mass is 32.1. The number of ether oxygens (including phenoxy) is 3. The predicted octanol–water partition coefficient (Wildman–Crippen LogP) is 2.67. The van der Waals surface area contributed by atoms with Gasteiger partial charge in [0.15, 0.2) is 0 Å². The highest BCUT2D eigenvalue weighted by molar-refractivity contribution is 7.80. The first-order valence-electron chi connectivity index (χ1n) is 7.34. The van der Waals surface area contributed by atoms with Crippen LogP contribution in [-0.4, -0.2) is 36.5 Å². The average molecular weight is 309 g/mol. The summed E-state index contributed by atoms with van der Waals surface area (Å²) in [7, 11) is 0. The summed E-state index contributed by atoms with van der Waals surface area (Å²) in [4.78, 5) is 0.396. The number of thiocarbonyl (C=S) groups is 1. The van der Waals surface area contributed by atoms with E-state index in [-0.39, 0.29) is 18.3 Å². The van der Waals surface area contributed by atoms with Gasteiger partial charge in [-0.25, -0.2) is 0 Å². The molecule has 0 saturated carbocycles. The Bertz CT molecular complexity index is 453. The molecule has 1 heterocycles. The van der Waals surface area contributed by atoms with Crippen LogP contribution in [0.25, 0.3) is 0 Å². The summed E-state index contributed by atoms with van der Waals surface area (Å²) >= 11 is 4.91. The van der Waals surface area contributed by atoms with Gasteiger partial charge in [-0.2, -0.15) is 0 Å². The number of hydrogen-bond donors (Lipinski definition) is 1. The second-order valence-electron chi connectivity index (χ2n) is 5.46. The maximum atomic E-state index is 5.86. The number of benzene rings is 1. The lowest BCUT2D eigenvalue weighted by Crippen LogP contribution is -2.34. The third kappa shape index (κ3) is 5.26. The summed E-state index contributed by atoms with van der Waals surface area (Å²) in [5, 5.41) is 0. The minimum atomic E-state index is 0.268. The van der Waals surface area contributed by atoms with Crippen LogP contribution >= 0.6 is 12.2 Å². The van der Waals surface area contributed by atoms with Crippen molar-refractivity contribution in [1.29, 1.82) is 0 Å². The van der Waals surface area contributed by atoms with E-state index in [4.69, 9.17) is 32.2 Å². The van der Waals surface area contributed by atoms with Gasteiger partial charge in [-0.3, -0.25) is 0 Å². The quantitative estimate of drug-likeness (QED) is 0.647. The average Bonchev–Trinajstić information content (AvgIpc) is 2.43. The van der Waals surface area contributed by atoms with Crippen LogP contribution in [0.1, 0.15) is 32.3 Å². The number of rotatable bonds is 6. The molecule has 1 aromatic rings. The fraction of sp³-hybridized carbons (Fsp3) is 0.562. The highest BCUT2D eigenvalue weighted by Gasteiger charge is 2.24. The van der Waals surface area contributed by atoms with E-state index >= 15 is 0 Å². The van der Waals surface area contributed by atoms with Crippen LogP contribution in [0.2, 0.25) is 0 Å². The first-order chi connectivity index (χ1) is 10.0. The van der Waals surface area contributed by atoms with Gasteiger partial charge in [-0.1, -0.05) is 12.2 Å². The molecule has 1 aliphatic rings. The summed E-state index contributed by atoms with van der Waals surface area (Å²) in [6.45, 7) is 5.30. The van der Waals surface area contributed by atoms with Gasteiger partial charge in [0, 0.05) is 5.56 Å². The van der Waals surface area contributed by atoms with Gasteiger partial charge < -0.3 is 19.9 Å². The second-order valence-corrected chi connectivity index (χ2v) is 5.90. The zero-order valence-electron chi connectivity index (χ0n) is 12.6. The Hall–Kier alpha value is -1.17. The van der Waals surface area contributed by atoms with Crippen molar-refractivity contribution in [3.05, 3.63) is 29.8 Å². The zero-order chi connectivity index (χ0) is 15.2. The summed E-state index contributed by atoms with van der Waals surface area (Å²) in [6.07, 6.45) is 2.71. The largest absolute Gasteiger partial charge is 0.491 e. The standard InChI is InChI=1S/C16H23NO3S/c1-11-9-15(10-12(2)20-11)19-8-7-18-14-5-3-13(4-6-14)16(17)21/h3-6,11-12,15H,7-10H2,1-2H3,(H2,17,21). The molecule has 2 atom stereocenters. The maximum absolute atomic E-state index is 5.86. The van der Waals surface area contributed by atoms with Crippen LogP contribution in [0.3, 0.4) is 0 Å². The van der Waals surface area contributed by atoms with Gasteiger partial charge in [-0.05, 0) is 51.0 Å². The lowest BCUT2D eigenvalue weighted by atomic mass is 10.0. The third-order valence-electron chi connectivity index (χ3n) is 3.50. The lowest BCUT2D eigenvalue weighted by molar-refractivity contribution is -0.104. The Morgan fingerprint density at radius 1 is 1.19 bits per heavy atom. The highest BCUT2D eigenvalue weighted by Crippen LogP contribution is 2.21. The van der Waals surface area contributed by atoms with Crippen LogP contribution in [-0.2, 0) is 9.47 Å². The molecule has 2 rings (SSSR count).